The molecule has 2 aromatic carbocycles. The Morgan fingerprint density at radius 2 is 1.84 bits per heavy atom. The van der Waals surface area contributed by atoms with Crippen LogP contribution in [-0.2, 0) is 16.2 Å². The van der Waals surface area contributed by atoms with Gasteiger partial charge in [0.05, 0.1) is 7.11 Å². The van der Waals surface area contributed by atoms with E-state index in [-0.39, 0.29) is 12.2 Å². The molecule has 1 aliphatic rings. The number of nitrogens with one attached hydrogen (secondary N) is 1. The Morgan fingerprint density at radius 3 is 2.53 bits per heavy atom. The molecule has 0 unspecified atom stereocenters. The van der Waals surface area contributed by atoms with E-state index in [4.69, 9.17) is 9.47 Å². The third-order valence-corrected chi connectivity index (χ3v) is 5.48. The fourth-order valence-corrected chi connectivity index (χ4v) is 3.71. The predicted octanol–water partition coefficient (Wildman–Crippen LogP) is 4.47. The number of amides is 1. The normalized spacial score (nSPS) is 15.3. The second kappa shape index (κ2) is 10.3. The molecule has 1 fully saturated rings. The van der Waals surface area contributed by atoms with Gasteiger partial charge in [0.15, 0.2) is 11.5 Å². The lowest BCUT2D eigenvalue weighted by atomic mass is 9.81. The van der Waals surface area contributed by atoms with Crippen LogP contribution < -0.4 is 14.8 Å². The number of carboxylic acid groups (broad SMARTS) is 1. The fraction of sp³-hybridized carbons (Fsp3) is 0.333. The van der Waals surface area contributed by atoms with E-state index < -0.39 is 29.0 Å². The SMILES string of the molecule is COc1cc(C=CC(=O)NC2(C(=O)O)CCCCC2)ccc1OCc1cc(F)ccc1F. The molecule has 6 nitrogen and oxygen atoms in total. The molecule has 0 heterocycles. The summed E-state index contributed by atoms with van der Waals surface area (Å²) in [4.78, 5) is 24.0. The highest BCUT2D eigenvalue weighted by Gasteiger charge is 2.40. The van der Waals surface area contributed by atoms with Gasteiger partial charge in [-0.3, -0.25) is 4.79 Å². The molecule has 2 aromatic rings. The van der Waals surface area contributed by atoms with Crippen LogP contribution in [-0.4, -0.2) is 29.6 Å². The highest BCUT2D eigenvalue weighted by molar-refractivity contribution is 5.95. The number of methoxy groups -OCH3 is 1. The maximum atomic E-state index is 13.8. The summed E-state index contributed by atoms with van der Waals surface area (Å²) in [5.74, 6) is -1.97. The number of carboxylic acids is 1. The lowest BCUT2D eigenvalue weighted by Crippen LogP contribution is -2.55. The van der Waals surface area contributed by atoms with Crippen molar-refractivity contribution in [1.29, 1.82) is 0 Å². The van der Waals surface area contributed by atoms with Gasteiger partial charge in [-0.2, -0.15) is 0 Å². The third-order valence-electron chi connectivity index (χ3n) is 5.48. The second-order valence-electron chi connectivity index (χ2n) is 7.71. The molecular formula is C24H25F2NO5. The molecule has 2 N–H and O–H groups in total. The minimum atomic E-state index is -1.22. The van der Waals surface area contributed by atoms with Crippen LogP contribution in [0.5, 0.6) is 11.5 Å². The average molecular weight is 445 g/mol. The van der Waals surface area contributed by atoms with Gasteiger partial charge < -0.3 is 19.9 Å². The highest BCUT2D eigenvalue weighted by atomic mass is 19.1. The Bertz CT molecular complexity index is 1020. The van der Waals surface area contributed by atoms with E-state index in [1.165, 1.54) is 19.3 Å². The van der Waals surface area contributed by atoms with Gasteiger partial charge in [0.2, 0.25) is 5.91 Å². The monoisotopic (exact) mass is 445 g/mol. The summed E-state index contributed by atoms with van der Waals surface area (Å²) < 4.78 is 38.0. The van der Waals surface area contributed by atoms with Gasteiger partial charge >= 0.3 is 5.97 Å². The van der Waals surface area contributed by atoms with Crippen molar-refractivity contribution in [1.82, 2.24) is 5.32 Å². The van der Waals surface area contributed by atoms with Crippen LogP contribution in [0.4, 0.5) is 8.78 Å². The molecule has 170 valence electrons. The van der Waals surface area contributed by atoms with Crippen molar-refractivity contribution in [3.05, 3.63) is 65.2 Å². The summed E-state index contributed by atoms with van der Waals surface area (Å²) >= 11 is 0. The summed E-state index contributed by atoms with van der Waals surface area (Å²) in [6.07, 6.45) is 6.11. The molecule has 32 heavy (non-hydrogen) atoms. The number of ether oxygens (including phenoxy) is 2. The molecule has 0 aliphatic heterocycles. The zero-order valence-corrected chi connectivity index (χ0v) is 17.7. The number of rotatable bonds is 8. The molecule has 0 radical (unpaired) electrons. The molecule has 1 saturated carbocycles. The number of carbonyl (C=O) groups excluding carboxylic acids is 1. The molecule has 0 spiro atoms. The maximum absolute atomic E-state index is 13.8. The van der Waals surface area contributed by atoms with E-state index in [2.05, 4.69) is 5.32 Å². The van der Waals surface area contributed by atoms with Gasteiger partial charge in [0.25, 0.3) is 0 Å². The van der Waals surface area contributed by atoms with Gasteiger partial charge in [-0.05, 0) is 54.8 Å². The molecule has 0 aromatic heterocycles. The van der Waals surface area contributed by atoms with Crippen LogP contribution in [0.25, 0.3) is 6.08 Å². The van der Waals surface area contributed by atoms with E-state index in [1.54, 1.807) is 18.2 Å². The van der Waals surface area contributed by atoms with Crippen molar-refractivity contribution in [2.45, 2.75) is 44.2 Å². The largest absolute Gasteiger partial charge is 0.493 e. The van der Waals surface area contributed by atoms with Crippen molar-refractivity contribution in [2.24, 2.45) is 0 Å². The first-order chi connectivity index (χ1) is 15.3. The van der Waals surface area contributed by atoms with Crippen molar-refractivity contribution in [2.75, 3.05) is 7.11 Å². The Hall–Kier alpha value is -3.42. The molecular weight excluding hydrogens is 420 g/mol. The van der Waals surface area contributed by atoms with Crippen LogP contribution in [0, 0.1) is 11.6 Å². The Balaban J connectivity index is 1.67. The van der Waals surface area contributed by atoms with Crippen LogP contribution in [0.15, 0.2) is 42.5 Å². The lowest BCUT2D eigenvalue weighted by molar-refractivity contribution is -0.148. The van der Waals surface area contributed by atoms with Gasteiger partial charge in [-0.25, -0.2) is 13.6 Å². The summed E-state index contributed by atoms with van der Waals surface area (Å²) in [5, 5.41) is 12.2. The zero-order chi connectivity index (χ0) is 23.1. The summed E-state index contributed by atoms with van der Waals surface area (Å²) in [5.41, 5.74) is -0.529. The van der Waals surface area contributed by atoms with Crippen molar-refractivity contribution in [3.63, 3.8) is 0 Å². The summed E-state index contributed by atoms with van der Waals surface area (Å²) in [6, 6.07) is 8.00. The Kier molecular flexibility index (Phi) is 7.45. The molecule has 0 atom stereocenters. The van der Waals surface area contributed by atoms with Gasteiger partial charge in [0.1, 0.15) is 23.8 Å². The highest BCUT2D eigenvalue weighted by Crippen LogP contribution is 2.30. The minimum absolute atomic E-state index is 0.0720. The van der Waals surface area contributed by atoms with E-state index >= 15 is 0 Å². The van der Waals surface area contributed by atoms with Crippen LogP contribution in [0.2, 0.25) is 0 Å². The van der Waals surface area contributed by atoms with Crippen molar-refractivity contribution in [3.8, 4) is 11.5 Å². The maximum Gasteiger partial charge on any atom is 0.329 e. The second-order valence-corrected chi connectivity index (χ2v) is 7.71. The van der Waals surface area contributed by atoms with Crippen molar-refractivity contribution < 1.29 is 33.0 Å². The Morgan fingerprint density at radius 1 is 1.09 bits per heavy atom. The van der Waals surface area contributed by atoms with E-state index in [0.717, 1.165) is 37.5 Å². The first-order valence-electron chi connectivity index (χ1n) is 10.3. The summed E-state index contributed by atoms with van der Waals surface area (Å²) in [6.45, 7) is -0.186. The topological polar surface area (TPSA) is 84.9 Å². The van der Waals surface area contributed by atoms with Gasteiger partial charge in [-0.1, -0.05) is 25.3 Å². The number of hydrogen-bond acceptors (Lipinski definition) is 4. The first kappa shape index (κ1) is 23.2. The number of hydrogen-bond donors (Lipinski definition) is 2. The van der Waals surface area contributed by atoms with E-state index in [1.807, 2.05) is 0 Å². The first-order valence-corrected chi connectivity index (χ1v) is 10.3. The van der Waals surface area contributed by atoms with Gasteiger partial charge in [0, 0.05) is 11.6 Å². The van der Waals surface area contributed by atoms with Crippen LogP contribution in [0.1, 0.15) is 43.2 Å². The smallest absolute Gasteiger partial charge is 0.329 e. The number of aliphatic carboxylic acids is 1. The summed E-state index contributed by atoms with van der Waals surface area (Å²) in [7, 11) is 1.44. The molecule has 8 heteroatoms. The number of benzene rings is 2. The molecule has 0 bridgehead atoms. The molecule has 1 aliphatic carbocycles. The third kappa shape index (κ3) is 5.63. The molecule has 3 rings (SSSR count). The lowest BCUT2D eigenvalue weighted by Gasteiger charge is -2.33. The standard InChI is InChI=1S/C24H25F2NO5/c1-31-21-13-16(5-9-20(21)32-15-17-14-18(25)7-8-19(17)26)6-10-22(28)27-24(23(29)30)11-3-2-4-12-24/h5-10,13-14H,2-4,11-12,15H2,1H3,(H,27,28)(H,29,30). The minimum Gasteiger partial charge on any atom is -0.493 e. The fourth-order valence-electron chi connectivity index (χ4n) is 3.71. The van der Waals surface area contributed by atoms with Crippen LogP contribution >= 0.6 is 0 Å². The van der Waals surface area contributed by atoms with Crippen molar-refractivity contribution >= 4 is 18.0 Å². The quantitative estimate of drug-likeness (QED) is 0.586. The number of carbonyl (C=O) groups is 2. The Labute approximate surface area is 184 Å². The van der Waals surface area contributed by atoms with Gasteiger partial charge in [-0.15, -0.1) is 0 Å². The van der Waals surface area contributed by atoms with Crippen LogP contribution in [0.3, 0.4) is 0 Å². The van der Waals surface area contributed by atoms with E-state index in [0.29, 0.717) is 29.9 Å². The predicted molar refractivity (Wildman–Crippen MR) is 114 cm³/mol. The molecule has 1 amide bonds. The number of halogens is 2. The average Bonchev–Trinajstić information content (AvgIpc) is 2.79. The molecule has 0 saturated heterocycles. The van der Waals surface area contributed by atoms with E-state index in [9.17, 15) is 23.5 Å². The zero-order valence-electron chi connectivity index (χ0n) is 17.7.